The second kappa shape index (κ2) is 6.90. The van der Waals surface area contributed by atoms with Crippen LogP contribution in [0.1, 0.15) is 47.0 Å². The minimum Gasteiger partial charge on any atom is -0.459 e. The Kier molecular flexibility index (Phi) is 4.37. The van der Waals surface area contributed by atoms with E-state index in [0.29, 0.717) is 18.8 Å². The summed E-state index contributed by atoms with van der Waals surface area (Å²) < 4.78 is 5.29. The van der Waals surface area contributed by atoms with Gasteiger partial charge in [0, 0.05) is 31.6 Å². The van der Waals surface area contributed by atoms with Gasteiger partial charge in [0.05, 0.1) is 18.4 Å². The molecular weight excluding hydrogens is 352 g/mol. The van der Waals surface area contributed by atoms with Crippen molar-refractivity contribution in [2.75, 3.05) is 26.2 Å². The maximum absolute atomic E-state index is 12.7. The van der Waals surface area contributed by atoms with Crippen LogP contribution in [0.5, 0.6) is 0 Å². The van der Waals surface area contributed by atoms with Gasteiger partial charge < -0.3 is 14.4 Å². The van der Waals surface area contributed by atoms with Crippen molar-refractivity contribution in [3.63, 3.8) is 0 Å². The number of furan rings is 1. The molecule has 28 heavy (non-hydrogen) atoms. The van der Waals surface area contributed by atoms with Gasteiger partial charge in [-0.05, 0) is 42.5 Å². The van der Waals surface area contributed by atoms with Crippen molar-refractivity contribution in [3.05, 3.63) is 71.7 Å². The highest BCUT2D eigenvalue weighted by Gasteiger charge is 2.54. The van der Waals surface area contributed by atoms with E-state index in [-0.39, 0.29) is 17.4 Å². The molecule has 1 spiro atoms. The molecule has 2 aromatic rings. The van der Waals surface area contributed by atoms with Crippen molar-refractivity contribution in [2.45, 2.75) is 36.8 Å². The third-order valence-electron chi connectivity index (χ3n) is 6.84. The van der Waals surface area contributed by atoms with Gasteiger partial charge in [0.15, 0.2) is 5.76 Å². The second-order valence-electron chi connectivity index (χ2n) is 8.16. The summed E-state index contributed by atoms with van der Waals surface area (Å²) in [5.41, 5.74) is 2.26. The number of likely N-dealkylation sites (tertiary alicyclic amines) is 1. The number of fused-ring (bicyclic) bond motifs is 2. The summed E-state index contributed by atoms with van der Waals surface area (Å²) >= 11 is 0. The monoisotopic (exact) mass is 378 g/mol. The summed E-state index contributed by atoms with van der Waals surface area (Å²) in [5.74, 6) is 0.333. The Morgan fingerprint density at radius 1 is 1.07 bits per heavy atom. The van der Waals surface area contributed by atoms with Gasteiger partial charge in [0.1, 0.15) is 0 Å². The molecule has 1 fully saturated rings. The van der Waals surface area contributed by atoms with Crippen LogP contribution in [-0.2, 0) is 5.41 Å². The molecular formula is C23H26N2O3. The summed E-state index contributed by atoms with van der Waals surface area (Å²) in [6.45, 7) is 3.14. The number of benzene rings is 1. The highest BCUT2D eigenvalue weighted by atomic mass is 16.3. The predicted molar refractivity (Wildman–Crippen MR) is 106 cm³/mol. The molecule has 2 aliphatic heterocycles. The van der Waals surface area contributed by atoms with E-state index in [0.717, 1.165) is 32.4 Å². The number of amides is 1. The lowest BCUT2D eigenvalue weighted by atomic mass is 9.72. The van der Waals surface area contributed by atoms with Crippen molar-refractivity contribution in [1.29, 1.82) is 0 Å². The standard InChI is InChI=1S/C23H26N2O3/c26-21-20(24-12-4-1-5-13-24)17-7-2-3-8-18(17)23(21)10-14-25(15-11-23)22(27)19-9-6-16-28-19/h1-4,6-9,16,20-21,26H,5,10-15H2/t20-,21+/m1/s1. The van der Waals surface area contributed by atoms with Crippen LogP contribution in [0.4, 0.5) is 0 Å². The molecule has 5 heteroatoms. The first-order valence-electron chi connectivity index (χ1n) is 10.2. The van der Waals surface area contributed by atoms with E-state index in [9.17, 15) is 9.90 Å². The van der Waals surface area contributed by atoms with Crippen LogP contribution >= 0.6 is 0 Å². The van der Waals surface area contributed by atoms with Crippen LogP contribution in [0.25, 0.3) is 0 Å². The lowest BCUT2D eigenvalue weighted by Crippen LogP contribution is -2.51. The lowest BCUT2D eigenvalue weighted by Gasteiger charge is -2.44. The number of aliphatic hydroxyl groups is 1. The van der Waals surface area contributed by atoms with Crippen LogP contribution in [0.15, 0.2) is 59.2 Å². The quantitative estimate of drug-likeness (QED) is 0.816. The van der Waals surface area contributed by atoms with Gasteiger partial charge in [-0.1, -0.05) is 36.4 Å². The number of carbonyl (C=O) groups excluding carboxylic acids is 1. The van der Waals surface area contributed by atoms with Gasteiger partial charge in [-0.3, -0.25) is 9.69 Å². The molecule has 1 saturated heterocycles. The maximum Gasteiger partial charge on any atom is 0.289 e. The summed E-state index contributed by atoms with van der Waals surface area (Å²) in [7, 11) is 0. The number of nitrogens with zero attached hydrogens (tertiary/aromatic N) is 2. The van der Waals surface area contributed by atoms with E-state index in [1.54, 1.807) is 12.1 Å². The fraction of sp³-hybridized carbons (Fsp3) is 0.435. The lowest BCUT2D eigenvalue weighted by molar-refractivity contribution is -0.0117. The highest BCUT2D eigenvalue weighted by molar-refractivity contribution is 5.91. The summed E-state index contributed by atoms with van der Waals surface area (Å²) in [6, 6.07) is 12.0. The Morgan fingerprint density at radius 3 is 2.61 bits per heavy atom. The first kappa shape index (κ1) is 17.7. The minimum atomic E-state index is -0.447. The molecule has 2 atom stereocenters. The van der Waals surface area contributed by atoms with E-state index in [1.807, 2.05) is 4.90 Å². The zero-order chi connectivity index (χ0) is 19.1. The molecule has 1 aromatic heterocycles. The number of piperidine rings is 1. The topological polar surface area (TPSA) is 56.9 Å². The second-order valence-corrected chi connectivity index (χ2v) is 8.16. The molecule has 1 aromatic carbocycles. The Hall–Kier alpha value is -2.37. The van der Waals surface area contributed by atoms with Gasteiger partial charge in [-0.15, -0.1) is 0 Å². The first-order chi connectivity index (χ1) is 13.7. The van der Waals surface area contributed by atoms with Crippen molar-refractivity contribution < 1.29 is 14.3 Å². The fourth-order valence-electron chi connectivity index (χ4n) is 5.38. The van der Waals surface area contributed by atoms with E-state index in [1.165, 1.54) is 17.4 Å². The molecule has 0 bridgehead atoms. The van der Waals surface area contributed by atoms with Crippen LogP contribution in [0.2, 0.25) is 0 Å². The Morgan fingerprint density at radius 2 is 1.89 bits per heavy atom. The molecule has 0 radical (unpaired) electrons. The molecule has 1 aliphatic carbocycles. The number of hydrogen-bond donors (Lipinski definition) is 1. The first-order valence-corrected chi connectivity index (χ1v) is 10.2. The predicted octanol–water partition coefficient (Wildman–Crippen LogP) is 3.13. The van der Waals surface area contributed by atoms with Gasteiger partial charge in [-0.2, -0.15) is 0 Å². The van der Waals surface area contributed by atoms with Crippen LogP contribution in [0.3, 0.4) is 0 Å². The van der Waals surface area contributed by atoms with E-state index in [4.69, 9.17) is 4.42 Å². The summed E-state index contributed by atoms with van der Waals surface area (Å²) in [5, 5.41) is 11.6. The zero-order valence-corrected chi connectivity index (χ0v) is 16.0. The average Bonchev–Trinajstić information content (AvgIpc) is 3.36. The van der Waals surface area contributed by atoms with Crippen LogP contribution in [0, 0.1) is 0 Å². The summed E-state index contributed by atoms with van der Waals surface area (Å²) in [4.78, 5) is 16.9. The molecule has 5 nitrogen and oxygen atoms in total. The molecule has 3 heterocycles. The van der Waals surface area contributed by atoms with Crippen molar-refractivity contribution in [2.24, 2.45) is 0 Å². The molecule has 0 unspecified atom stereocenters. The number of aliphatic hydroxyl groups excluding tert-OH is 1. The Balaban J connectivity index is 1.42. The molecule has 3 aliphatic rings. The smallest absolute Gasteiger partial charge is 0.289 e. The molecule has 1 amide bonds. The van der Waals surface area contributed by atoms with Gasteiger partial charge in [0.25, 0.3) is 5.91 Å². The Labute approximate surface area is 165 Å². The van der Waals surface area contributed by atoms with Crippen molar-refractivity contribution in [3.8, 4) is 0 Å². The third kappa shape index (κ3) is 2.65. The van der Waals surface area contributed by atoms with Crippen LogP contribution in [-0.4, -0.2) is 53.1 Å². The van der Waals surface area contributed by atoms with Gasteiger partial charge >= 0.3 is 0 Å². The van der Waals surface area contributed by atoms with E-state index >= 15 is 0 Å². The largest absolute Gasteiger partial charge is 0.459 e. The summed E-state index contributed by atoms with van der Waals surface area (Å²) in [6.07, 6.45) is 8.09. The Bertz CT molecular complexity index is 881. The SMILES string of the molecule is O=C(c1ccco1)N1CCC2(CC1)c1ccccc1[C@@H](N1CC=CCC1)[C@@H]2O. The van der Waals surface area contributed by atoms with Crippen molar-refractivity contribution >= 4 is 5.91 Å². The normalized spacial score (nSPS) is 26.5. The number of carbonyl (C=O) groups is 1. The molecule has 5 rings (SSSR count). The maximum atomic E-state index is 12.7. The van der Waals surface area contributed by atoms with Gasteiger partial charge in [-0.25, -0.2) is 0 Å². The van der Waals surface area contributed by atoms with Crippen LogP contribution < -0.4 is 0 Å². The molecule has 0 saturated carbocycles. The number of hydrogen-bond acceptors (Lipinski definition) is 4. The van der Waals surface area contributed by atoms with E-state index in [2.05, 4.69) is 41.3 Å². The van der Waals surface area contributed by atoms with E-state index < -0.39 is 6.10 Å². The number of rotatable bonds is 2. The van der Waals surface area contributed by atoms with Crippen molar-refractivity contribution in [1.82, 2.24) is 9.80 Å². The highest BCUT2D eigenvalue weighted by Crippen LogP contribution is 2.53. The average molecular weight is 378 g/mol. The molecule has 1 N–H and O–H groups in total. The minimum absolute atomic E-state index is 0.0356. The molecule has 146 valence electrons. The zero-order valence-electron chi connectivity index (χ0n) is 16.0. The third-order valence-corrected chi connectivity index (χ3v) is 6.84. The van der Waals surface area contributed by atoms with Gasteiger partial charge in [0.2, 0.25) is 0 Å². The fourth-order valence-corrected chi connectivity index (χ4v) is 5.38.